The molecule has 1 fully saturated rings. The first kappa shape index (κ1) is 27.4. The van der Waals surface area contributed by atoms with Crippen LogP contribution in [0.5, 0.6) is 5.75 Å². The Morgan fingerprint density at radius 3 is 2.39 bits per heavy atom. The molecule has 1 aliphatic rings. The summed E-state index contributed by atoms with van der Waals surface area (Å²) < 4.78 is 5.35. The summed E-state index contributed by atoms with van der Waals surface area (Å²) >= 11 is 0. The van der Waals surface area contributed by atoms with Gasteiger partial charge in [-0.1, -0.05) is 36.4 Å². The average molecular weight is 566 g/mol. The second-order valence-corrected chi connectivity index (χ2v) is 8.67. The highest BCUT2D eigenvalue weighted by atomic mass is 127. The number of aliphatic imine (C=N–C) groups is 1. The Morgan fingerprint density at radius 1 is 1.06 bits per heavy atom. The van der Waals surface area contributed by atoms with Crippen LogP contribution < -0.4 is 15.4 Å². The number of ether oxygens (including phenoxy) is 1. The Bertz CT molecular complexity index is 850. The second kappa shape index (κ2) is 14.4. The number of hydrogen-bond donors (Lipinski definition) is 2. The number of nitrogens with zero attached hydrogens (tertiary/aromatic N) is 3. The molecule has 0 amide bonds. The van der Waals surface area contributed by atoms with Gasteiger partial charge in [0.15, 0.2) is 5.96 Å². The van der Waals surface area contributed by atoms with Gasteiger partial charge in [0.05, 0.1) is 19.7 Å². The zero-order chi connectivity index (χ0) is 22.8. The van der Waals surface area contributed by atoms with E-state index in [2.05, 4.69) is 90.0 Å². The molecule has 33 heavy (non-hydrogen) atoms. The number of likely N-dealkylation sites (tertiary alicyclic amines) is 1. The minimum Gasteiger partial charge on any atom is -0.497 e. The van der Waals surface area contributed by atoms with E-state index in [0.717, 1.165) is 44.4 Å². The fourth-order valence-electron chi connectivity index (χ4n) is 4.23. The minimum absolute atomic E-state index is 0. The smallest absolute Gasteiger partial charge is 0.191 e. The molecular formula is C26H40IN5O. The zero-order valence-corrected chi connectivity index (χ0v) is 22.8. The van der Waals surface area contributed by atoms with Crippen LogP contribution in [0.1, 0.15) is 42.5 Å². The van der Waals surface area contributed by atoms with E-state index in [1.807, 2.05) is 0 Å². The van der Waals surface area contributed by atoms with Crippen molar-refractivity contribution < 1.29 is 4.74 Å². The number of benzene rings is 2. The highest BCUT2D eigenvalue weighted by Gasteiger charge is 2.23. The van der Waals surface area contributed by atoms with Crippen LogP contribution in [0.4, 0.5) is 0 Å². The molecule has 0 spiro atoms. The summed E-state index contributed by atoms with van der Waals surface area (Å²) in [7, 11) is 5.90. The van der Waals surface area contributed by atoms with Gasteiger partial charge >= 0.3 is 0 Å². The van der Waals surface area contributed by atoms with E-state index < -0.39 is 0 Å². The molecule has 1 atom stereocenters. The molecule has 2 aromatic carbocycles. The van der Waals surface area contributed by atoms with Gasteiger partial charge < -0.3 is 20.3 Å². The van der Waals surface area contributed by atoms with Gasteiger partial charge in [0.25, 0.3) is 0 Å². The number of methoxy groups -OCH3 is 1. The van der Waals surface area contributed by atoms with Gasteiger partial charge in [0.1, 0.15) is 5.75 Å². The predicted octanol–water partition coefficient (Wildman–Crippen LogP) is 4.27. The third-order valence-electron chi connectivity index (χ3n) is 5.80. The molecule has 0 aliphatic carbocycles. The Kier molecular flexibility index (Phi) is 12.0. The summed E-state index contributed by atoms with van der Waals surface area (Å²) in [6.07, 6.45) is 2.54. The third kappa shape index (κ3) is 8.79. The van der Waals surface area contributed by atoms with Gasteiger partial charge in [-0.3, -0.25) is 4.90 Å². The lowest BCUT2D eigenvalue weighted by atomic mass is 10.1. The number of guanidine groups is 1. The van der Waals surface area contributed by atoms with E-state index >= 15 is 0 Å². The molecule has 7 heteroatoms. The SMILES string of the molecule is CCNC(=NCc1cccc(CN(C)C)c1)NCC(c1ccc(OC)cc1)N1CCCC1.I. The average Bonchev–Trinajstić information content (AvgIpc) is 3.32. The van der Waals surface area contributed by atoms with Crippen LogP contribution in [0.2, 0.25) is 0 Å². The van der Waals surface area contributed by atoms with Crippen molar-refractivity contribution in [1.82, 2.24) is 20.4 Å². The molecule has 1 unspecified atom stereocenters. The van der Waals surface area contributed by atoms with Crippen LogP contribution >= 0.6 is 24.0 Å². The lowest BCUT2D eigenvalue weighted by molar-refractivity contribution is 0.245. The van der Waals surface area contributed by atoms with Crippen LogP contribution in [0.15, 0.2) is 53.5 Å². The number of rotatable bonds is 10. The van der Waals surface area contributed by atoms with Crippen molar-refractivity contribution in [3.8, 4) is 5.75 Å². The van der Waals surface area contributed by atoms with Crippen molar-refractivity contribution in [2.45, 2.75) is 38.9 Å². The number of hydrogen-bond acceptors (Lipinski definition) is 4. The van der Waals surface area contributed by atoms with Crippen molar-refractivity contribution in [2.75, 3.05) is 47.4 Å². The Hall–Kier alpha value is -1.84. The van der Waals surface area contributed by atoms with E-state index in [9.17, 15) is 0 Å². The van der Waals surface area contributed by atoms with Crippen molar-refractivity contribution in [2.24, 2.45) is 4.99 Å². The highest BCUT2D eigenvalue weighted by Crippen LogP contribution is 2.26. The van der Waals surface area contributed by atoms with Crippen LogP contribution in [0, 0.1) is 0 Å². The van der Waals surface area contributed by atoms with Crippen molar-refractivity contribution in [3.63, 3.8) is 0 Å². The summed E-state index contributed by atoms with van der Waals surface area (Å²) in [6.45, 7) is 7.65. The summed E-state index contributed by atoms with van der Waals surface area (Å²) in [6, 6.07) is 17.5. The van der Waals surface area contributed by atoms with E-state index in [1.165, 1.54) is 29.5 Å². The molecule has 1 aliphatic heterocycles. The molecule has 0 aromatic heterocycles. The summed E-state index contributed by atoms with van der Waals surface area (Å²) in [4.78, 5) is 9.62. The molecule has 0 bridgehead atoms. The van der Waals surface area contributed by atoms with Crippen LogP contribution in [0.3, 0.4) is 0 Å². The molecule has 2 aromatic rings. The zero-order valence-electron chi connectivity index (χ0n) is 20.5. The van der Waals surface area contributed by atoms with Crippen LogP contribution in [-0.2, 0) is 13.1 Å². The van der Waals surface area contributed by atoms with E-state index in [4.69, 9.17) is 9.73 Å². The Balaban J connectivity index is 0.00000385. The first-order valence-corrected chi connectivity index (χ1v) is 11.7. The minimum atomic E-state index is 0. The monoisotopic (exact) mass is 565 g/mol. The molecule has 182 valence electrons. The summed E-state index contributed by atoms with van der Waals surface area (Å²) in [5.74, 6) is 1.76. The predicted molar refractivity (Wildman–Crippen MR) is 149 cm³/mol. The van der Waals surface area contributed by atoms with Gasteiger partial charge in [-0.2, -0.15) is 0 Å². The van der Waals surface area contributed by atoms with Crippen molar-refractivity contribution >= 4 is 29.9 Å². The van der Waals surface area contributed by atoms with E-state index in [-0.39, 0.29) is 24.0 Å². The molecule has 1 saturated heterocycles. The van der Waals surface area contributed by atoms with Gasteiger partial charge in [-0.15, -0.1) is 24.0 Å². The Labute approximate surface area is 216 Å². The van der Waals surface area contributed by atoms with E-state index in [0.29, 0.717) is 12.6 Å². The summed E-state index contributed by atoms with van der Waals surface area (Å²) in [5, 5.41) is 7.01. The molecule has 3 rings (SSSR count). The fourth-order valence-corrected chi connectivity index (χ4v) is 4.23. The molecule has 0 saturated carbocycles. The molecule has 0 radical (unpaired) electrons. The fraction of sp³-hybridized carbons (Fsp3) is 0.500. The maximum absolute atomic E-state index is 5.35. The Morgan fingerprint density at radius 2 is 1.76 bits per heavy atom. The maximum atomic E-state index is 5.35. The van der Waals surface area contributed by atoms with Gasteiger partial charge in [0.2, 0.25) is 0 Å². The normalized spacial score (nSPS) is 15.2. The molecule has 1 heterocycles. The first-order chi connectivity index (χ1) is 15.6. The van der Waals surface area contributed by atoms with Gasteiger partial charge in [0, 0.05) is 19.6 Å². The molecule has 6 nitrogen and oxygen atoms in total. The van der Waals surface area contributed by atoms with Crippen molar-refractivity contribution in [1.29, 1.82) is 0 Å². The van der Waals surface area contributed by atoms with Gasteiger partial charge in [-0.25, -0.2) is 4.99 Å². The lowest BCUT2D eigenvalue weighted by Gasteiger charge is -2.29. The van der Waals surface area contributed by atoms with Gasteiger partial charge in [-0.05, 0) is 75.8 Å². The summed E-state index contributed by atoms with van der Waals surface area (Å²) in [5.41, 5.74) is 3.86. The number of halogens is 1. The largest absolute Gasteiger partial charge is 0.497 e. The number of nitrogens with one attached hydrogen (secondary N) is 2. The third-order valence-corrected chi connectivity index (χ3v) is 5.80. The molecule has 2 N–H and O–H groups in total. The standard InChI is InChI=1S/C26H39N5O.HI/c1-5-27-26(28-18-21-9-8-10-22(17-21)20-30(2)3)29-19-25(31-15-6-7-16-31)23-11-13-24(32-4)14-12-23;/h8-14,17,25H,5-7,15-16,18-20H2,1-4H3,(H2,27,28,29);1H. The maximum Gasteiger partial charge on any atom is 0.191 e. The van der Waals surface area contributed by atoms with E-state index in [1.54, 1.807) is 7.11 Å². The molecular weight excluding hydrogens is 525 g/mol. The van der Waals surface area contributed by atoms with Crippen LogP contribution in [0.25, 0.3) is 0 Å². The quantitative estimate of drug-likeness (QED) is 0.256. The first-order valence-electron chi connectivity index (χ1n) is 11.7. The van der Waals surface area contributed by atoms with Crippen molar-refractivity contribution in [3.05, 3.63) is 65.2 Å². The van der Waals surface area contributed by atoms with Crippen LogP contribution in [-0.4, -0.2) is 63.1 Å². The second-order valence-electron chi connectivity index (χ2n) is 8.67. The topological polar surface area (TPSA) is 52.1 Å². The highest BCUT2D eigenvalue weighted by molar-refractivity contribution is 14.0. The lowest BCUT2D eigenvalue weighted by Crippen LogP contribution is -2.42.